The summed E-state index contributed by atoms with van der Waals surface area (Å²) < 4.78 is 3.50. The first kappa shape index (κ1) is 98.6. The SMILES string of the molecule is CC(C)c1cc(C(C)C)c(-c2cc(NCCN(CCNc3cc(-c4c(C(C)C)cc(C(C)C)cc4C(C)C)c(Br)c(-c4c(C(C)C)cc(C(C)C)cc4C(C)C)c3)CCNc3cc(-c4c(C(C)C)cc(C(C)C)cc4C(C)C)c(Br)c(-c4c(C(C)C)cc(C(C)C)cc4C(C)C)c3)cc(-c3c(C(C)C)cc(C(C)C)cc3C(C)C)c2Br)c(C(C)C)c1. The van der Waals surface area contributed by atoms with E-state index < -0.39 is 0 Å². The van der Waals surface area contributed by atoms with Gasteiger partial charge in [-0.05, 0) is 358 Å². The number of rotatable bonds is 36. The van der Waals surface area contributed by atoms with Crippen molar-refractivity contribution in [3.05, 3.63) is 223 Å². The number of anilines is 3. The van der Waals surface area contributed by atoms with E-state index in [0.717, 1.165) is 56.3 Å². The van der Waals surface area contributed by atoms with Crippen LogP contribution in [0.2, 0.25) is 0 Å². The van der Waals surface area contributed by atoms with Gasteiger partial charge in [0.1, 0.15) is 0 Å². The molecule has 121 heavy (non-hydrogen) atoms. The third-order valence-corrected chi connectivity index (χ3v) is 28.5. The molecule has 0 aromatic heterocycles. The molecule has 9 aromatic carbocycles. The van der Waals surface area contributed by atoms with E-state index in [9.17, 15) is 0 Å². The molecule has 0 bridgehead atoms. The van der Waals surface area contributed by atoms with Gasteiger partial charge in [0.05, 0.1) is 0 Å². The molecule has 9 rings (SSSR count). The van der Waals surface area contributed by atoms with Gasteiger partial charge in [-0.15, -0.1) is 0 Å². The fourth-order valence-corrected chi connectivity index (χ4v) is 20.2. The van der Waals surface area contributed by atoms with Gasteiger partial charge in [-0.2, -0.15) is 0 Å². The summed E-state index contributed by atoms with van der Waals surface area (Å²) in [5, 5.41) is 12.8. The molecule has 0 aliphatic rings. The lowest BCUT2D eigenvalue weighted by molar-refractivity contribution is 0.306. The molecule has 3 N–H and O–H groups in total. The Kier molecular flexibility index (Phi) is 34.2. The quantitative estimate of drug-likeness (QED) is 0.0366. The second-order valence-electron chi connectivity index (χ2n) is 41.5. The molecule has 0 saturated heterocycles. The molecule has 0 amide bonds. The van der Waals surface area contributed by atoms with Crippen molar-refractivity contribution in [2.24, 2.45) is 0 Å². The lowest BCUT2D eigenvalue weighted by atomic mass is 9.79. The van der Waals surface area contributed by atoms with Crippen LogP contribution in [0, 0.1) is 0 Å². The van der Waals surface area contributed by atoms with Crippen molar-refractivity contribution < 1.29 is 0 Å². The maximum Gasteiger partial charge on any atom is 0.0353 e. The number of nitrogens with one attached hydrogen (secondary N) is 3. The van der Waals surface area contributed by atoms with Crippen LogP contribution in [-0.4, -0.2) is 44.2 Å². The Morgan fingerprint density at radius 3 is 0.397 bits per heavy atom. The van der Waals surface area contributed by atoms with Crippen molar-refractivity contribution in [2.45, 2.75) is 356 Å². The van der Waals surface area contributed by atoms with Crippen LogP contribution in [0.25, 0.3) is 66.8 Å². The Morgan fingerprint density at radius 1 is 0.182 bits per heavy atom. The molecule has 656 valence electrons. The highest BCUT2D eigenvalue weighted by Crippen LogP contribution is 2.54. The normalized spacial score (nSPS) is 12.5. The minimum absolute atomic E-state index is 0.304. The largest absolute Gasteiger partial charge is 0.384 e. The Bertz CT molecular complexity index is 4110. The minimum atomic E-state index is 0.304. The molecule has 7 heteroatoms. The first-order valence-corrected chi connectivity index (χ1v) is 49.6. The Balaban J connectivity index is 1.27. The fraction of sp³-hybridized carbons (Fsp3) is 0.526. The maximum absolute atomic E-state index is 4.54. The van der Waals surface area contributed by atoms with Crippen molar-refractivity contribution >= 4 is 64.9 Å². The first-order chi connectivity index (χ1) is 56.7. The molecular weight excluding hydrogens is 1660 g/mol. The third-order valence-electron chi connectivity index (χ3n) is 25.9. The van der Waals surface area contributed by atoms with Crippen molar-refractivity contribution in [3.63, 3.8) is 0 Å². The van der Waals surface area contributed by atoms with Gasteiger partial charge in [0.25, 0.3) is 0 Å². The first-order valence-electron chi connectivity index (χ1n) is 47.2. The molecule has 0 heterocycles. The lowest BCUT2D eigenvalue weighted by Crippen LogP contribution is -2.36. The predicted molar refractivity (Wildman–Crippen MR) is 551 cm³/mol. The smallest absolute Gasteiger partial charge is 0.0353 e. The molecule has 0 aliphatic carbocycles. The number of halogens is 3. The van der Waals surface area contributed by atoms with E-state index in [-0.39, 0.29) is 0 Å². The maximum atomic E-state index is 4.54. The van der Waals surface area contributed by atoms with Gasteiger partial charge < -0.3 is 16.0 Å². The van der Waals surface area contributed by atoms with Gasteiger partial charge >= 0.3 is 0 Å². The molecule has 0 saturated carbocycles. The number of benzene rings is 9. The van der Waals surface area contributed by atoms with E-state index in [2.05, 4.69) is 427 Å². The Hall–Kier alpha value is -6.22. The van der Waals surface area contributed by atoms with Crippen LogP contribution in [0.5, 0.6) is 0 Å². The van der Waals surface area contributed by atoms with Crippen LogP contribution >= 0.6 is 47.8 Å². The van der Waals surface area contributed by atoms with E-state index in [1.165, 1.54) is 180 Å². The molecule has 0 radical (unpaired) electrons. The second-order valence-corrected chi connectivity index (χ2v) is 43.9. The van der Waals surface area contributed by atoms with Gasteiger partial charge in [-0.3, -0.25) is 4.90 Å². The fourth-order valence-electron chi connectivity index (χ4n) is 18.3. The molecule has 0 spiro atoms. The summed E-state index contributed by atoms with van der Waals surface area (Å²) in [6.45, 7) is 90.3. The summed E-state index contributed by atoms with van der Waals surface area (Å²) in [6.07, 6.45) is 0. The summed E-state index contributed by atoms with van der Waals surface area (Å²) in [6, 6.07) is 45.3. The summed E-state index contributed by atoms with van der Waals surface area (Å²) in [7, 11) is 0. The predicted octanol–water partition coefficient (Wildman–Crippen LogP) is 37.1. The highest BCUT2D eigenvalue weighted by Gasteiger charge is 2.32. The van der Waals surface area contributed by atoms with Crippen LogP contribution in [0.4, 0.5) is 17.1 Å². The molecule has 4 nitrogen and oxygen atoms in total. The van der Waals surface area contributed by atoms with Crippen LogP contribution < -0.4 is 16.0 Å². The number of hydrogen-bond donors (Lipinski definition) is 3. The van der Waals surface area contributed by atoms with Gasteiger partial charge in [0, 0.05) is 69.7 Å². The van der Waals surface area contributed by atoms with E-state index in [1.54, 1.807) is 0 Å². The topological polar surface area (TPSA) is 39.3 Å². The van der Waals surface area contributed by atoms with Gasteiger partial charge in [-0.25, -0.2) is 0 Å². The average molecular weight is 1830 g/mol. The minimum Gasteiger partial charge on any atom is -0.384 e. The zero-order valence-electron chi connectivity index (χ0n) is 82.1. The molecule has 0 unspecified atom stereocenters. The summed E-state index contributed by atoms with van der Waals surface area (Å²) >= 11 is 13.6. The van der Waals surface area contributed by atoms with Crippen molar-refractivity contribution in [1.82, 2.24) is 4.90 Å². The van der Waals surface area contributed by atoms with E-state index in [0.29, 0.717) is 107 Å². The van der Waals surface area contributed by atoms with E-state index in [4.69, 9.17) is 0 Å². The molecule has 0 fully saturated rings. The van der Waals surface area contributed by atoms with Crippen LogP contribution in [-0.2, 0) is 0 Å². The van der Waals surface area contributed by atoms with Crippen LogP contribution in [0.1, 0.15) is 456 Å². The van der Waals surface area contributed by atoms with Gasteiger partial charge in [-0.1, -0.05) is 322 Å². The monoisotopic (exact) mass is 1820 g/mol. The van der Waals surface area contributed by atoms with Crippen molar-refractivity contribution in [1.29, 1.82) is 0 Å². The highest BCUT2D eigenvalue weighted by atomic mass is 79.9. The number of hydrogen-bond acceptors (Lipinski definition) is 4. The summed E-state index contributed by atoms with van der Waals surface area (Å²) in [4.78, 5) is 2.72. The van der Waals surface area contributed by atoms with Gasteiger partial charge in [0.15, 0.2) is 0 Å². The Morgan fingerprint density at radius 2 is 0.298 bits per heavy atom. The average Bonchev–Trinajstić information content (AvgIpc) is 0.752. The highest BCUT2D eigenvalue weighted by molar-refractivity contribution is 9.11. The third kappa shape index (κ3) is 22.4. The van der Waals surface area contributed by atoms with Gasteiger partial charge in [0.2, 0.25) is 0 Å². The molecule has 0 atom stereocenters. The summed E-state index contributed by atoms with van der Waals surface area (Å²) in [5.74, 6) is 6.06. The van der Waals surface area contributed by atoms with Crippen LogP contribution in [0.3, 0.4) is 0 Å². The van der Waals surface area contributed by atoms with E-state index in [1.807, 2.05) is 0 Å². The van der Waals surface area contributed by atoms with Crippen molar-refractivity contribution in [2.75, 3.05) is 55.2 Å². The lowest BCUT2D eigenvalue weighted by Gasteiger charge is -2.29. The van der Waals surface area contributed by atoms with E-state index >= 15 is 0 Å². The molecule has 0 aliphatic heterocycles. The Labute approximate surface area is 764 Å². The van der Waals surface area contributed by atoms with Crippen molar-refractivity contribution in [3.8, 4) is 66.8 Å². The molecule has 9 aromatic rings. The second kappa shape index (κ2) is 41.9. The zero-order chi connectivity index (χ0) is 89.8. The summed E-state index contributed by atoms with van der Waals surface area (Å²) in [5.41, 5.74) is 44.5. The van der Waals surface area contributed by atoms with Crippen LogP contribution in [0.15, 0.2) is 123 Å². The number of nitrogens with zero attached hydrogens (tertiary/aromatic N) is 1. The standard InChI is InChI=1S/C114H159Br3N4/c1-61(2)79-43-88(67(13)14)106(89(44-79)68(15)16)100-55-85(56-101(112(100)115)107-90(69(17)18)45-80(62(3)4)46-91(107)70(19)20)118-37-40-121(41-38-119-86-57-102(108-92(71(21)22)47-81(63(5)6)48-93(108)72(23)24)113(116)103(58-86)109-94(73(25)26)49-82(64(7)8)50-95(109)74(27)28)42-39-120-87-59-104(110-96(75(29)30)51-83(65(9)10)52-97(110)76(31)32)114(117)105(60-87)111-98(77(33)34)53-84(66(11)12)54-99(111)78(35)36/h43-78,118-120H,37-42H2,1-36H3. The zero-order valence-corrected chi connectivity index (χ0v) is 86.9. The molecular formula is C114H159Br3N4.